The Morgan fingerprint density at radius 1 is 1.11 bits per heavy atom. The molecule has 0 N–H and O–H groups in total. The van der Waals surface area contributed by atoms with E-state index < -0.39 is 0 Å². The number of carbonyl (C=O) groups excluding carboxylic acids is 1. The SMILES string of the molecule is COc1cc(C)c(SN2CCCC2COCC(=O)N2CCN(Cc3cccc(C#N)c3)CC2)c(C)c1.Cl. The molecule has 2 aliphatic heterocycles. The molecule has 200 valence electrons. The lowest BCUT2D eigenvalue weighted by Crippen LogP contribution is -2.49. The molecule has 9 heteroatoms. The van der Waals surface area contributed by atoms with Gasteiger partial charge in [-0.25, -0.2) is 4.31 Å². The molecule has 2 aromatic rings. The van der Waals surface area contributed by atoms with Crippen LogP contribution in [0.15, 0.2) is 41.3 Å². The average molecular weight is 545 g/mol. The van der Waals surface area contributed by atoms with Gasteiger partial charge in [0, 0.05) is 50.2 Å². The van der Waals surface area contributed by atoms with E-state index in [2.05, 4.69) is 41.3 Å². The summed E-state index contributed by atoms with van der Waals surface area (Å²) >= 11 is 1.80. The fourth-order valence-corrected chi connectivity index (χ4v) is 6.09. The maximum absolute atomic E-state index is 12.8. The summed E-state index contributed by atoms with van der Waals surface area (Å²) in [4.78, 5) is 18.3. The number of piperazine rings is 1. The van der Waals surface area contributed by atoms with Crippen molar-refractivity contribution in [2.24, 2.45) is 0 Å². The zero-order valence-corrected chi connectivity index (χ0v) is 23.6. The first-order valence-electron chi connectivity index (χ1n) is 12.6. The Bertz CT molecular complexity index is 1080. The molecule has 0 aromatic heterocycles. The first-order valence-corrected chi connectivity index (χ1v) is 13.4. The number of ether oxygens (including phenoxy) is 2. The number of aryl methyl sites for hydroxylation is 2. The Morgan fingerprint density at radius 3 is 2.51 bits per heavy atom. The number of halogens is 1. The third-order valence-corrected chi connectivity index (χ3v) is 8.47. The van der Waals surface area contributed by atoms with E-state index in [1.165, 1.54) is 16.0 Å². The van der Waals surface area contributed by atoms with Gasteiger partial charge in [0.2, 0.25) is 5.91 Å². The van der Waals surface area contributed by atoms with Crippen molar-refractivity contribution in [3.63, 3.8) is 0 Å². The van der Waals surface area contributed by atoms with Crippen LogP contribution in [0.5, 0.6) is 5.75 Å². The number of nitriles is 1. The van der Waals surface area contributed by atoms with Crippen LogP contribution in [-0.4, -0.2) is 79.1 Å². The molecule has 4 rings (SSSR count). The highest BCUT2D eigenvalue weighted by Gasteiger charge is 2.28. The maximum Gasteiger partial charge on any atom is 0.248 e. The van der Waals surface area contributed by atoms with Crippen LogP contribution in [0.25, 0.3) is 0 Å². The molecule has 1 amide bonds. The minimum atomic E-state index is 0. The average Bonchev–Trinajstić information content (AvgIpc) is 3.33. The summed E-state index contributed by atoms with van der Waals surface area (Å²) < 4.78 is 13.7. The van der Waals surface area contributed by atoms with Crippen molar-refractivity contribution in [2.75, 3.05) is 53.0 Å². The fraction of sp³-hybridized carbons (Fsp3) is 0.500. The van der Waals surface area contributed by atoms with E-state index >= 15 is 0 Å². The minimum Gasteiger partial charge on any atom is -0.497 e. The van der Waals surface area contributed by atoms with Crippen LogP contribution in [0.1, 0.15) is 35.1 Å². The Balaban J connectivity index is 0.00000380. The predicted octanol–water partition coefficient (Wildman–Crippen LogP) is 4.44. The molecule has 2 saturated heterocycles. The number of carbonyl (C=O) groups is 1. The number of hydrogen-bond donors (Lipinski definition) is 0. The second-order valence-corrected chi connectivity index (χ2v) is 10.7. The highest BCUT2D eigenvalue weighted by atomic mass is 35.5. The molecule has 0 saturated carbocycles. The molecule has 0 aliphatic carbocycles. The van der Waals surface area contributed by atoms with E-state index in [-0.39, 0.29) is 24.9 Å². The second kappa shape index (κ2) is 14.0. The largest absolute Gasteiger partial charge is 0.497 e. The standard InChI is InChI=1S/C28H36N4O3S.ClH/c1-21-14-26(34-3)15-22(2)28(21)36-32-9-5-8-25(32)19-35-20-27(33)31-12-10-30(11-13-31)18-24-7-4-6-23(16-24)17-29;/h4,6-7,14-16,25H,5,8-13,18-20H2,1-3H3;1H. The summed E-state index contributed by atoms with van der Waals surface area (Å²) in [5.41, 5.74) is 4.26. The molecule has 2 fully saturated rings. The number of benzene rings is 2. The first-order chi connectivity index (χ1) is 17.5. The van der Waals surface area contributed by atoms with Crippen molar-refractivity contribution in [3.8, 4) is 11.8 Å². The van der Waals surface area contributed by atoms with Crippen molar-refractivity contribution >= 4 is 30.3 Å². The Hall–Kier alpha value is -2.28. The molecule has 0 spiro atoms. The van der Waals surface area contributed by atoms with E-state index in [4.69, 9.17) is 14.7 Å². The second-order valence-electron chi connectivity index (χ2n) is 9.60. The quantitative estimate of drug-likeness (QED) is 0.432. The summed E-state index contributed by atoms with van der Waals surface area (Å²) in [7, 11) is 1.70. The van der Waals surface area contributed by atoms with Gasteiger partial charge in [0.1, 0.15) is 12.4 Å². The number of hydrogen-bond acceptors (Lipinski definition) is 7. The van der Waals surface area contributed by atoms with Gasteiger partial charge in [-0.2, -0.15) is 5.26 Å². The topological polar surface area (TPSA) is 69.0 Å². The maximum atomic E-state index is 12.8. The van der Waals surface area contributed by atoms with Gasteiger partial charge in [-0.1, -0.05) is 12.1 Å². The molecular weight excluding hydrogens is 508 g/mol. The number of nitrogens with zero attached hydrogens (tertiary/aromatic N) is 4. The molecular formula is C28H37ClN4O3S. The summed E-state index contributed by atoms with van der Waals surface area (Å²) in [6, 6.07) is 14.4. The molecule has 1 atom stereocenters. The molecule has 2 aliphatic rings. The molecule has 2 heterocycles. The van der Waals surface area contributed by atoms with E-state index in [9.17, 15) is 4.79 Å². The zero-order chi connectivity index (χ0) is 25.5. The van der Waals surface area contributed by atoms with Crippen LogP contribution >= 0.6 is 24.4 Å². The number of methoxy groups -OCH3 is 1. The summed E-state index contributed by atoms with van der Waals surface area (Å²) in [5.74, 6) is 0.961. The summed E-state index contributed by atoms with van der Waals surface area (Å²) in [6.07, 6.45) is 2.23. The van der Waals surface area contributed by atoms with Gasteiger partial charge >= 0.3 is 0 Å². The minimum absolute atomic E-state index is 0. The highest BCUT2D eigenvalue weighted by molar-refractivity contribution is 7.97. The third-order valence-electron chi connectivity index (χ3n) is 6.92. The molecule has 0 radical (unpaired) electrons. The third kappa shape index (κ3) is 7.86. The van der Waals surface area contributed by atoms with Crippen LogP contribution in [0.4, 0.5) is 0 Å². The van der Waals surface area contributed by atoms with Gasteiger partial charge < -0.3 is 14.4 Å². The summed E-state index contributed by atoms with van der Waals surface area (Å²) in [6.45, 7) is 9.87. The van der Waals surface area contributed by atoms with Crippen LogP contribution in [-0.2, 0) is 16.1 Å². The van der Waals surface area contributed by atoms with E-state index in [1.807, 2.05) is 29.2 Å². The van der Waals surface area contributed by atoms with Crippen LogP contribution in [0, 0.1) is 25.2 Å². The lowest BCUT2D eigenvalue weighted by molar-refractivity contribution is -0.138. The van der Waals surface area contributed by atoms with Gasteiger partial charge in [-0.15, -0.1) is 12.4 Å². The molecule has 2 aromatic carbocycles. The van der Waals surface area contributed by atoms with E-state index in [0.29, 0.717) is 31.3 Å². The van der Waals surface area contributed by atoms with E-state index in [1.54, 1.807) is 19.1 Å². The number of rotatable bonds is 9. The van der Waals surface area contributed by atoms with Crippen molar-refractivity contribution in [1.82, 2.24) is 14.1 Å². The zero-order valence-electron chi connectivity index (χ0n) is 21.9. The monoisotopic (exact) mass is 544 g/mol. The first kappa shape index (κ1) is 29.3. The normalized spacial score (nSPS) is 18.3. The van der Waals surface area contributed by atoms with Gasteiger partial charge in [-0.3, -0.25) is 9.69 Å². The predicted molar refractivity (Wildman–Crippen MR) is 149 cm³/mol. The number of amides is 1. The van der Waals surface area contributed by atoms with Crippen LogP contribution in [0.3, 0.4) is 0 Å². The molecule has 0 bridgehead atoms. The van der Waals surface area contributed by atoms with Crippen molar-refractivity contribution < 1.29 is 14.3 Å². The Morgan fingerprint density at radius 2 is 1.84 bits per heavy atom. The highest BCUT2D eigenvalue weighted by Crippen LogP contribution is 2.36. The van der Waals surface area contributed by atoms with Crippen molar-refractivity contribution in [1.29, 1.82) is 5.26 Å². The lowest BCUT2D eigenvalue weighted by Gasteiger charge is -2.35. The van der Waals surface area contributed by atoms with E-state index in [0.717, 1.165) is 50.3 Å². The van der Waals surface area contributed by atoms with Crippen LogP contribution < -0.4 is 4.74 Å². The molecule has 37 heavy (non-hydrogen) atoms. The van der Waals surface area contributed by atoms with Crippen LogP contribution in [0.2, 0.25) is 0 Å². The Labute approximate surface area is 231 Å². The van der Waals surface area contributed by atoms with Crippen molar-refractivity contribution in [3.05, 3.63) is 58.7 Å². The van der Waals surface area contributed by atoms with Gasteiger partial charge in [0.05, 0.1) is 25.3 Å². The van der Waals surface area contributed by atoms with Gasteiger partial charge in [0.25, 0.3) is 0 Å². The molecule has 7 nitrogen and oxygen atoms in total. The molecule has 1 unspecified atom stereocenters. The van der Waals surface area contributed by atoms with Gasteiger partial charge in [-0.05, 0) is 79.6 Å². The van der Waals surface area contributed by atoms with Crippen molar-refractivity contribution in [2.45, 2.75) is 44.2 Å². The lowest BCUT2D eigenvalue weighted by atomic mass is 10.1. The smallest absolute Gasteiger partial charge is 0.248 e. The Kier molecular flexibility index (Phi) is 11.1. The fourth-order valence-electron chi connectivity index (χ4n) is 4.91. The van der Waals surface area contributed by atoms with Gasteiger partial charge in [0.15, 0.2) is 0 Å². The summed E-state index contributed by atoms with van der Waals surface area (Å²) in [5, 5.41) is 9.10.